The first-order chi connectivity index (χ1) is 39.6. The van der Waals surface area contributed by atoms with E-state index in [9.17, 15) is 27.6 Å². The molecule has 0 aliphatic rings. The zero-order chi connectivity index (χ0) is 62.0. The van der Waals surface area contributed by atoms with Crippen molar-refractivity contribution in [2.45, 2.75) is 131 Å². The highest BCUT2D eigenvalue weighted by atomic mass is 127. The van der Waals surface area contributed by atoms with E-state index in [0.29, 0.717) is 67.2 Å². The van der Waals surface area contributed by atoms with Crippen LogP contribution in [0.15, 0.2) is 101 Å². The predicted octanol–water partition coefficient (Wildman–Crippen LogP) is 12.8. The van der Waals surface area contributed by atoms with Crippen LogP contribution in [0.3, 0.4) is 0 Å². The molecule has 0 saturated heterocycles. The minimum absolute atomic E-state index is 0. The highest BCUT2D eigenvalue weighted by Crippen LogP contribution is 2.28. The third kappa shape index (κ3) is 23.1. The van der Waals surface area contributed by atoms with Crippen LogP contribution in [-0.4, -0.2) is 138 Å². The summed E-state index contributed by atoms with van der Waals surface area (Å²) in [4.78, 5) is 54.5. The van der Waals surface area contributed by atoms with Gasteiger partial charge in [-0.1, -0.05) is 104 Å². The van der Waals surface area contributed by atoms with Crippen LogP contribution in [-0.2, 0) is 44.2 Å². The van der Waals surface area contributed by atoms with Gasteiger partial charge in [-0.2, -0.15) is 15.3 Å². The number of carbonyl (C=O) groups excluding carboxylic acids is 4. The molecule has 4 aromatic heterocycles. The van der Waals surface area contributed by atoms with E-state index in [1.54, 1.807) is 83.8 Å². The van der Waals surface area contributed by atoms with Crippen LogP contribution in [0.1, 0.15) is 69.7 Å². The maximum atomic E-state index is 12.2. The minimum Gasteiger partial charge on any atom is -0.444 e. The number of aromatic nitrogens is 7. The minimum atomic E-state index is -3.32. The summed E-state index contributed by atoms with van der Waals surface area (Å²) in [6, 6.07) is 26.8. The summed E-state index contributed by atoms with van der Waals surface area (Å²) >= 11 is 2.24. The van der Waals surface area contributed by atoms with E-state index in [1.807, 2.05) is 43.3 Å². The highest BCUT2D eigenvalue weighted by Gasteiger charge is 2.22. The Hall–Kier alpha value is -6.72. The normalized spacial score (nSPS) is 11.2. The van der Waals surface area contributed by atoms with E-state index < -0.39 is 34.1 Å². The van der Waals surface area contributed by atoms with Gasteiger partial charge in [0.15, 0.2) is 29.2 Å². The Labute approximate surface area is 530 Å². The second-order valence-corrected chi connectivity index (χ2v) is 43.3. The third-order valence-corrected chi connectivity index (χ3v) is 19.9. The molecular formula is C61H91IN11O10SSi3+. The molecule has 3 amide bonds. The number of ether oxygens (including phenoxy) is 3. The second-order valence-electron chi connectivity index (χ2n) is 23.2. The van der Waals surface area contributed by atoms with Gasteiger partial charge in [-0.05, 0) is 114 Å². The zero-order valence-corrected chi connectivity index (χ0v) is 56.3. The first kappa shape index (κ1) is 76.4. The van der Waals surface area contributed by atoms with Crippen molar-refractivity contribution in [2.75, 3.05) is 46.8 Å². The molecular weight excluding hydrogens is 1290 g/mol. The standard InChI is InChI=1S/C18H24N4O3Si.C16H23N3O3Si.C15H22IN3O2Si.C9H10NO2S.3CH4/c1-19-18(23)17-14-9-13(16-10-20-11-25-16)5-6-15(14)22(21-17)12-24-7-8-26(2,3)4;1-17-16(21)15-13-9-12(10-20)5-6-14(13)19(18-15)11-22-7-8-23(2,3)4;1-17-15(20)14-12-9-11(16)5-6-13(12)19(18-14)10-21-7-8-22(2,3)4;1-8-3-5-9(6-4-8)13(11,12)7-10-2;;;/h5-6,9-11H,7-8,12H2,1-4H3,(H,19,23);5-6,9-10H,7-8,11H2,1-4H3,(H,17,21);5-6,9H,7-8,10H2,1-4H3,(H,17,20);2-6H,7H2,1H3;3*1H4/q;;;+1;;;. The Bertz CT molecular complexity index is 3680. The largest absolute Gasteiger partial charge is 0.444 e. The lowest BCUT2D eigenvalue weighted by Crippen LogP contribution is -2.22. The van der Waals surface area contributed by atoms with Gasteiger partial charge in [-0.25, -0.2) is 27.4 Å². The smallest absolute Gasteiger partial charge is 0.364 e. The molecule has 0 aliphatic carbocycles. The van der Waals surface area contributed by atoms with Gasteiger partial charge in [0.2, 0.25) is 0 Å². The van der Waals surface area contributed by atoms with Gasteiger partial charge in [0.25, 0.3) is 34.1 Å². The van der Waals surface area contributed by atoms with Crippen LogP contribution >= 0.6 is 22.6 Å². The van der Waals surface area contributed by atoms with Gasteiger partial charge < -0.3 is 34.6 Å². The summed E-state index contributed by atoms with van der Waals surface area (Å²) in [6.07, 6.45) is 3.79. The number of hydrogen-bond acceptors (Lipinski definition) is 14. The monoisotopic (exact) mass is 1380 g/mol. The number of aryl methyl sites for hydroxylation is 1. The van der Waals surface area contributed by atoms with E-state index in [2.05, 4.69) is 123 Å². The van der Waals surface area contributed by atoms with Gasteiger partial charge in [0, 0.05) is 96.0 Å². The molecule has 474 valence electrons. The van der Waals surface area contributed by atoms with Gasteiger partial charge in [-0.3, -0.25) is 19.2 Å². The number of sulfone groups is 1. The molecule has 0 saturated carbocycles. The summed E-state index contributed by atoms with van der Waals surface area (Å²) in [5.41, 5.74) is 6.06. The quantitative estimate of drug-likeness (QED) is 0.0247. The summed E-state index contributed by atoms with van der Waals surface area (Å²) in [6.45, 7) is 30.6. The summed E-state index contributed by atoms with van der Waals surface area (Å²) in [5, 5.41) is 23.4. The molecule has 4 heterocycles. The summed E-state index contributed by atoms with van der Waals surface area (Å²) in [5.74, 6) is -0.401. The van der Waals surface area contributed by atoms with E-state index in [-0.39, 0.29) is 50.8 Å². The van der Waals surface area contributed by atoms with Gasteiger partial charge in [-0.15, -0.1) is 0 Å². The fourth-order valence-electron chi connectivity index (χ4n) is 7.77. The SMILES string of the molecule is C.C.C.C#[N+]CS(=O)(=O)c1ccc(C)cc1.CNC(=O)c1nn(COCC[Si](C)(C)C)c2ccc(-c3cnco3)cc12.CNC(=O)c1nn(COCC[Si](C)(C)C)c2ccc(C=O)cc12.CNC(=O)c1nn(COCC[Si](C)(C)C)c2ccc(I)cc12. The Morgan fingerprint density at radius 2 is 1.02 bits per heavy atom. The lowest BCUT2D eigenvalue weighted by atomic mass is 10.1. The molecule has 3 N–H and O–H groups in total. The number of rotatable bonds is 22. The molecule has 0 atom stereocenters. The van der Waals surface area contributed by atoms with Crippen LogP contribution in [0.4, 0.5) is 0 Å². The highest BCUT2D eigenvalue weighted by molar-refractivity contribution is 14.1. The Kier molecular flexibility index (Phi) is 30.5. The number of aldehydes is 1. The number of oxazole rings is 1. The molecule has 0 fully saturated rings. The molecule has 4 aromatic carbocycles. The van der Waals surface area contributed by atoms with Crippen molar-refractivity contribution in [2.24, 2.45) is 0 Å². The fourth-order valence-corrected chi connectivity index (χ4v) is 11.4. The average Bonchev–Trinajstić information content (AvgIpc) is 1.94. The summed E-state index contributed by atoms with van der Waals surface area (Å²) < 4.78 is 51.6. The maximum absolute atomic E-state index is 12.2. The van der Waals surface area contributed by atoms with Crippen molar-refractivity contribution in [1.82, 2.24) is 50.3 Å². The first-order valence-corrected chi connectivity index (χ1v) is 41.0. The number of fused-ring (bicyclic) bond motifs is 3. The molecule has 26 heteroatoms. The number of benzene rings is 4. The van der Waals surface area contributed by atoms with Crippen molar-refractivity contribution in [3.8, 4) is 17.9 Å². The maximum Gasteiger partial charge on any atom is 0.364 e. The molecule has 87 heavy (non-hydrogen) atoms. The second kappa shape index (κ2) is 34.7. The molecule has 21 nitrogen and oxygen atoms in total. The Balaban J connectivity index is 0.000000400. The Morgan fingerprint density at radius 3 is 1.40 bits per heavy atom. The van der Waals surface area contributed by atoms with Crippen molar-refractivity contribution in [3.63, 3.8) is 0 Å². The van der Waals surface area contributed by atoms with Crippen molar-refractivity contribution < 1.29 is 46.2 Å². The van der Waals surface area contributed by atoms with Crippen molar-refractivity contribution in [3.05, 3.63) is 128 Å². The van der Waals surface area contributed by atoms with Crippen LogP contribution in [0.5, 0.6) is 0 Å². The number of nitrogens with one attached hydrogen (secondary N) is 3. The lowest BCUT2D eigenvalue weighted by Gasteiger charge is -2.15. The number of halogens is 1. The topological polar surface area (TPSA) is 250 Å². The van der Waals surface area contributed by atoms with Crippen LogP contribution in [0.2, 0.25) is 77.1 Å². The van der Waals surface area contributed by atoms with Crippen molar-refractivity contribution >= 4 is 113 Å². The predicted molar refractivity (Wildman–Crippen MR) is 367 cm³/mol. The number of amides is 3. The molecule has 0 aliphatic heterocycles. The molecule has 0 radical (unpaired) electrons. The zero-order valence-electron chi connectivity index (χ0n) is 50.3. The molecule has 0 bridgehead atoms. The Morgan fingerprint density at radius 1 is 0.621 bits per heavy atom. The van der Waals surface area contributed by atoms with Gasteiger partial charge in [0.1, 0.15) is 26.5 Å². The van der Waals surface area contributed by atoms with E-state index in [4.69, 9.17) is 25.2 Å². The summed E-state index contributed by atoms with van der Waals surface area (Å²) in [7, 11) is -1.92. The van der Waals surface area contributed by atoms with Crippen LogP contribution < -0.4 is 16.0 Å². The lowest BCUT2D eigenvalue weighted by molar-refractivity contribution is 0.0803. The average molecular weight is 1380 g/mol. The first-order valence-electron chi connectivity index (χ1n) is 27.2. The molecule has 0 spiro atoms. The van der Waals surface area contributed by atoms with Crippen LogP contribution in [0, 0.1) is 17.1 Å². The van der Waals surface area contributed by atoms with E-state index in [1.165, 1.54) is 6.39 Å². The fraction of sp³-hybridized carbons (Fsp3) is 0.426. The van der Waals surface area contributed by atoms with Crippen molar-refractivity contribution in [1.29, 1.82) is 0 Å². The number of carbonyl (C=O) groups is 4. The molecule has 8 rings (SSSR count). The molecule has 8 aromatic rings. The van der Waals surface area contributed by atoms with Gasteiger partial charge >= 0.3 is 5.88 Å². The van der Waals surface area contributed by atoms with Gasteiger partial charge in [0.05, 0.1) is 27.6 Å². The number of nitrogens with zero attached hydrogens (tertiary/aromatic N) is 8. The molecule has 0 unspecified atom stereocenters. The van der Waals surface area contributed by atoms with E-state index in [0.717, 1.165) is 73.0 Å². The number of hydrogen-bond donors (Lipinski definition) is 3. The third-order valence-electron chi connectivity index (χ3n) is 12.7. The van der Waals surface area contributed by atoms with E-state index >= 15 is 0 Å². The van der Waals surface area contributed by atoms with Crippen LogP contribution in [0.25, 0.3) is 48.9 Å².